The van der Waals surface area contributed by atoms with Gasteiger partial charge in [-0.1, -0.05) is 6.08 Å². The Morgan fingerprint density at radius 2 is 2.42 bits per heavy atom. The third kappa shape index (κ3) is 2.36. The molecule has 0 bridgehead atoms. The minimum Gasteiger partial charge on any atom is -0.495 e. The van der Waals surface area contributed by atoms with Crippen molar-refractivity contribution in [2.75, 3.05) is 13.7 Å². The molecule has 0 radical (unpaired) electrons. The summed E-state index contributed by atoms with van der Waals surface area (Å²) in [6.45, 7) is 0.0354. The highest BCUT2D eigenvalue weighted by atomic mass is 16.5. The Bertz CT molecular complexity index is 254. The highest BCUT2D eigenvalue weighted by molar-refractivity contribution is 5.45. The van der Waals surface area contributed by atoms with Crippen molar-refractivity contribution in [2.24, 2.45) is 0 Å². The molecule has 0 amide bonds. The molecule has 0 aromatic carbocycles. The van der Waals surface area contributed by atoms with E-state index in [2.05, 4.69) is 4.98 Å². The second-order valence-corrected chi connectivity index (χ2v) is 2.21. The van der Waals surface area contributed by atoms with Gasteiger partial charge in [0.05, 0.1) is 25.6 Å². The van der Waals surface area contributed by atoms with E-state index in [0.29, 0.717) is 0 Å². The van der Waals surface area contributed by atoms with Gasteiger partial charge in [0.2, 0.25) is 0 Å². The number of pyridine rings is 1. The van der Waals surface area contributed by atoms with Gasteiger partial charge in [-0.25, -0.2) is 0 Å². The lowest BCUT2D eigenvalue weighted by molar-refractivity contribution is 0.343. The third-order valence-corrected chi connectivity index (χ3v) is 1.39. The topological polar surface area (TPSA) is 42.4 Å². The van der Waals surface area contributed by atoms with Crippen molar-refractivity contribution in [1.82, 2.24) is 4.98 Å². The number of methoxy groups -OCH3 is 1. The lowest BCUT2D eigenvalue weighted by atomic mass is 10.3. The average molecular weight is 165 g/mol. The molecule has 0 unspecified atom stereocenters. The summed E-state index contributed by atoms with van der Waals surface area (Å²) in [5.41, 5.74) is 0.810. The molecule has 0 atom stereocenters. The molecule has 1 rings (SSSR count). The fourth-order valence-electron chi connectivity index (χ4n) is 0.785. The summed E-state index contributed by atoms with van der Waals surface area (Å²) in [4.78, 5) is 4.06. The Kier molecular flexibility index (Phi) is 3.29. The van der Waals surface area contributed by atoms with E-state index in [-0.39, 0.29) is 6.61 Å². The normalized spacial score (nSPS) is 10.5. The average Bonchev–Trinajstić information content (AvgIpc) is 2.15. The molecular formula is C9H11NO2. The summed E-state index contributed by atoms with van der Waals surface area (Å²) < 4.78 is 4.94. The highest BCUT2D eigenvalue weighted by Crippen LogP contribution is 2.08. The van der Waals surface area contributed by atoms with E-state index in [4.69, 9.17) is 9.84 Å². The van der Waals surface area contributed by atoms with Gasteiger partial charge in [0, 0.05) is 0 Å². The zero-order chi connectivity index (χ0) is 8.81. The lowest BCUT2D eigenvalue weighted by Gasteiger charge is -1.97. The van der Waals surface area contributed by atoms with Gasteiger partial charge in [-0.2, -0.15) is 0 Å². The van der Waals surface area contributed by atoms with Crippen molar-refractivity contribution in [3.8, 4) is 5.75 Å². The molecule has 1 aromatic heterocycles. The van der Waals surface area contributed by atoms with Crippen molar-refractivity contribution in [3.05, 3.63) is 30.1 Å². The van der Waals surface area contributed by atoms with Gasteiger partial charge in [0.25, 0.3) is 0 Å². The summed E-state index contributed by atoms with van der Waals surface area (Å²) in [5, 5.41) is 8.49. The molecule has 0 saturated carbocycles. The predicted molar refractivity (Wildman–Crippen MR) is 46.9 cm³/mol. The van der Waals surface area contributed by atoms with Gasteiger partial charge in [-0.15, -0.1) is 0 Å². The minimum atomic E-state index is 0.0354. The summed E-state index contributed by atoms with van der Waals surface area (Å²) in [7, 11) is 1.60. The maximum atomic E-state index is 8.49. The monoisotopic (exact) mass is 165 g/mol. The SMILES string of the molecule is COc1ccc(/C=C/CO)nc1. The summed E-state index contributed by atoms with van der Waals surface area (Å²) in [6.07, 6.45) is 5.02. The highest BCUT2D eigenvalue weighted by Gasteiger charge is 1.90. The second-order valence-electron chi connectivity index (χ2n) is 2.21. The maximum absolute atomic E-state index is 8.49. The first-order valence-electron chi connectivity index (χ1n) is 3.64. The van der Waals surface area contributed by atoms with Crippen LogP contribution in [-0.4, -0.2) is 23.8 Å². The van der Waals surface area contributed by atoms with E-state index in [9.17, 15) is 0 Å². The number of rotatable bonds is 3. The maximum Gasteiger partial charge on any atom is 0.137 e. The Labute approximate surface area is 71.3 Å². The van der Waals surface area contributed by atoms with Crippen LogP contribution in [0.3, 0.4) is 0 Å². The molecular weight excluding hydrogens is 154 g/mol. The van der Waals surface area contributed by atoms with Crippen LogP contribution in [0.25, 0.3) is 6.08 Å². The van der Waals surface area contributed by atoms with Gasteiger partial charge in [0.1, 0.15) is 5.75 Å². The van der Waals surface area contributed by atoms with Crippen LogP contribution in [0, 0.1) is 0 Å². The molecule has 0 aliphatic rings. The molecule has 0 fully saturated rings. The summed E-state index contributed by atoms with van der Waals surface area (Å²) in [6, 6.07) is 3.65. The Morgan fingerprint density at radius 3 is 2.92 bits per heavy atom. The Morgan fingerprint density at radius 1 is 1.58 bits per heavy atom. The molecule has 1 heterocycles. The van der Waals surface area contributed by atoms with Crippen LogP contribution >= 0.6 is 0 Å². The fourth-order valence-corrected chi connectivity index (χ4v) is 0.785. The van der Waals surface area contributed by atoms with Crippen LogP contribution in [0.2, 0.25) is 0 Å². The third-order valence-electron chi connectivity index (χ3n) is 1.39. The van der Waals surface area contributed by atoms with E-state index in [1.807, 2.05) is 12.1 Å². The van der Waals surface area contributed by atoms with Crippen LogP contribution in [0.1, 0.15) is 5.69 Å². The largest absolute Gasteiger partial charge is 0.495 e. The molecule has 0 aliphatic heterocycles. The lowest BCUT2D eigenvalue weighted by Crippen LogP contribution is -1.85. The standard InChI is InChI=1S/C9H11NO2/c1-12-9-5-4-8(10-7-9)3-2-6-11/h2-5,7,11H,6H2,1H3/b3-2+. The molecule has 0 saturated heterocycles. The number of aliphatic hydroxyl groups is 1. The molecule has 12 heavy (non-hydrogen) atoms. The Balaban J connectivity index is 2.71. The van der Waals surface area contributed by atoms with Crippen molar-refractivity contribution in [2.45, 2.75) is 0 Å². The summed E-state index contributed by atoms with van der Waals surface area (Å²) >= 11 is 0. The first-order chi connectivity index (χ1) is 5.86. The summed E-state index contributed by atoms with van der Waals surface area (Å²) in [5.74, 6) is 0.733. The molecule has 3 nitrogen and oxygen atoms in total. The van der Waals surface area contributed by atoms with Crippen LogP contribution < -0.4 is 4.74 Å². The van der Waals surface area contributed by atoms with Gasteiger partial charge in [0.15, 0.2) is 0 Å². The van der Waals surface area contributed by atoms with Crippen LogP contribution in [-0.2, 0) is 0 Å². The number of nitrogens with zero attached hydrogens (tertiary/aromatic N) is 1. The predicted octanol–water partition coefficient (Wildman–Crippen LogP) is 1.10. The molecule has 0 aliphatic carbocycles. The van der Waals surface area contributed by atoms with Gasteiger partial charge in [-0.3, -0.25) is 4.98 Å². The fraction of sp³-hybridized carbons (Fsp3) is 0.222. The van der Waals surface area contributed by atoms with Gasteiger partial charge in [-0.05, 0) is 18.2 Å². The Hall–Kier alpha value is -1.35. The first kappa shape index (κ1) is 8.74. The van der Waals surface area contributed by atoms with Gasteiger partial charge >= 0.3 is 0 Å². The number of aliphatic hydroxyl groups excluding tert-OH is 1. The number of ether oxygens (including phenoxy) is 1. The van der Waals surface area contributed by atoms with E-state index in [1.54, 1.807) is 25.5 Å². The van der Waals surface area contributed by atoms with Crippen LogP contribution in [0.4, 0.5) is 0 Å². The molecule has 1 aromatic rings. The first-order valence-corrected chi connectivity index (χ1v) is 3.64. The smallest absolute Gasteiger partial charge is 0.137 e. The van der Waals surface area contributed by atoms with E-state index < -0.39 is 0 Å². The van der Waals surface area contributed by atoms with E-state index in [1.165, 1.54) is 0 Å². The quantitative estimate of drug-likeness (QED) is 0.729. The van der Waals surface area contributed by atoms with Crippen LogP contribution in [0.15, 0.2) is 24.4 Å². The number of aromatic nitrogens is 1. The van der Waals surface area contributed by atoms with E-state index in [0.717, 1.165) is 11.4 Å². The second kappa shape index (κ2) is 4.51. The molecule has 0 spiro atoms. The van der Waals surface area contributed by atoms with Crippen molar-refractivity contribution in [1.29, 1.82) is 0 Å². The van der Waals surface area contributed by atoms with Crippen LogP contribution in [0.5, 0.6) is 5.75 Å². The number of hydrogen-bond donors (Lipinski definition) is 1. The van der Waals surface area contributed by atoms with Crippen molar-refractivity contribution in [3.63, 3.8) is 0 Å². The minimum absolute atomic E-state index is 0.0354. The zero-order valence-corrected chi connectivity index (χ0v) is 6.90. The zero-order valence-electron chi connectivity index (χ0n) is 6.90. The number of hydrogen-bond acceptors (Lipinski definition) is 3. The molecule has 64 valence electrons. The molecule has 3 heteroatoms. The van der Waals surface area contributed by atoms with E-state index >= 15 is 0 Å². The molecule has 1 N–H and O–H groups in total. The van der Waals surface area contributed by atoms with Gasteiger partial charge < -0.3 is 9.84 Å². The van der Waals surface area contributed by atoms with Crippen molar-refractivity contribution >= 4 is 6.08 Å². The van der Waals surface area contributed by atoms with Crippen molar-refractivity contribution < 1.29 is 9.84 Å².